The molecule has 18 heavy (non-hydrogen) atoms. The molecule has 2 aromatic heterocycles. The summed E-state index contributed by atoms with van der Waals surface area (Å²) in [5.74, 6) is 0.541. The topological polar surface area (TPSA) is 55.7 Å². The van der Waals surface area contributed by atoms with Gasteiger partial charge in [-0.05, 0) is 31.3 Å². The van der Waals surface area contributed by atoms with E-state index in [0.29, 0.717) is 15.4 Å². The monoisotopic (exact) mass is 282 g/mol. The maximum atomic E-state index is 5.38. The summed E-state index contributed by atoms with van der Waals surface area (Å²) in [6, 6.07) is 0. The first-order valence-electron chi connectivity index (χ1n) is 5.72. The zero-order valence-corrected chi connectivity index (χ0v) is 11.9. The molecule has 1 saturated carbocycles. The van der Waals surface area contributed by atoms with Gasteiger partial charge in [-0.2, -0.15) is 16.7 Å². The van der Waals surface area contributed by atoms with Crippen LogP contribution in [0.5, 0.6) is 5.88 Å². The molecule has 0 aromatic carbocycles. The normalized spacial score (nSPS) is 17.0. The lowest BCUT2D eigenvalue weighted by Gasteiger charge is -2.12. The summed E-state index contributed by atoms with van der Waals surface area (Å²) in [7, 11) is 1.60. The molecule has 0 saturated heterocycles. The van der Waals surface area contributed by atoms with Crippen molar-refractivity contribution in [2.24, 2.45) is 0 Å². The van der Waals surface area contributed by atoms with Crippen molar-refractivity contribution in [3.05, 3.63) is 11.1 Å². The number of ether oxygens (including phenoxy) is 1. The van der Waals surface area contributed by atoms with E-state index in [1.807, 2.05) is 11.8 Å². The molecule has 7 heteroatoms. The number of thioether (sulfide) groups is 1. The number of hydrogen-bond donors (Lipinski definition) is 1. The van der Waals surface area contributed by atoms with Gasteiger partial charge in [0.2, 0.25) is 5.88 Å². The molecule has 0 atom stereocenters. The Bertz CT molecular complexity index is 644. The van der Waals surface area contributed by atoms with Crippen LogP contribution in [0.2, 0.25) is 0 Å². The number of H-pyrrole nitrogens is 1. The number of rotatable bonds is 4. The SMILES string of the molecule is COc1ncnc2c1[nH]c(=S)n2CC1(SC)CC1. The van der Waals surface area contributed by atoms with Crippen molar-refractivity contribution in [3.8, 4) is 5.88 Å². The van der Waals surface area contributed by atoms with Crippen molar-refractivity contribution >= 4 is 35.1 Å². The van der Waals surface area contributed by atoms with Crippen molar-refractivity contribution in [1.82, 2.24) is 19.5 Å². The smallest absolute Gasteiger partial charge is 0.242 e. The first-order valence-corrected chi connectivity index (χ1v) is 7.35. The average molecular weight is 282 g/mol. The maximum Gasteiger partial charge on any atom is 0.242 e. The van der Waals surface area contributed by atoms with Crippen LogP contribution < -0.4 is 4.74 Å². The second-order valence-corrected chi connectivity index (χ2v) is 6.15. The highest BCUT2D eigenvalue weighted by Crippen LogP contribution is 2.48. The van der Waals surface area contributed by atoms with E-state index in [1.165, 1.54) is 19.2 Å². The lowest BCUT2D eigenvalue weighted by molar-refractivity contribution is 0.401. The second-order valence-electron chi connectivity index (χ2n) is 4.48. The summed E-state index contributed by atoms with van der Waals surface area (Å²) in [5.41, 5.74) is 1.61. The molecule has 1 aliphatic carbocycles. The molecule has 0 unspecified atom stereocenters. The van der Waals surface area contributed by atoms with Gasteiger partial charge in [-0.3, -0.25) is 4.57 Å². The lowest BCUT2D eigenvalue weighted by Crippen LogP contribution is -2.14. The standard InChI is InChI=1S/C11H14N4OS2/c1-16-9-7-8(12-6-13-9)15(10(17)14-7)5-11(18-2)3-4-11/h6H,3-5H2,1-2H3,(H,14,17). The third-order valence-electron chi connectivity index (χ3n) is 3.41. The zero-order chi connectivity index (χ0) is 12.8. The molecule has 1 fully saturated rings. The number of fused-ring (bicyclic) bond motifs is 1. The second kappa shape index (κ2) is 4.24. The molecule has 0 bridgehead atoms. The Hall–Kier alpha value is -1.08. The average Bonchev–Trinajstić information content (AvgIpc) is 3.10. The Morgan fingerprint density at radius 3 is 2.94 bits per heavy atom. The van der Waals surface area contributed by atoms with Gasteiger partial charge in [-0.15, -0.1) is 0 Å². The van der Waals surface area contributed by atoms with Crippen molar-refractivity contribution < 1.29 is 4.74 Å². The van der Waals surface area contributed by atoms with Gasteiger partial charge < -0.3 is 9.72 Å². The molecule has 2 aromatic rings. The minimum atomic E-state index is 0.339. The van der Waals surface area contributed by atoms with Gasteiger partial charge in [0.25, 0.3) is 0 Å². The summed E-state index contributed by atoms with van der Waals surface area (Å²) in [4.78, 5) is 11.5. The fourth-order valence-corrected chi connectivity index (χ4v) is 3.12. The number of aromatic nitrogens is 4. The van der Waals surface area contributed by atoms with Gasteiger partial charge >= 0.3 is 0 Å². The van der Waals surface area contributed by atoms with Crippen LogP contribution in [0.15, 0.2) is 6.33 Å². The minimum Gasteiger partial charge on any atom is -0.479 e. The number of nitrogens with zero attached hydrogens (tertiary/aromatic N) is 3. The lowest BCUT2D eigenvalue weighted by atomic mass is 10.4. The van der Waals surface area contributed by atoms with Crippen LogP contribution in [0.3, 0.4) is 0 Å². The number of nitrogens with one attached hydrogen (secondary N) is 1. The summed E-state index contributed by atoms with van der Waals surface area (Å²) >= 11 is 7.29. The fourth-order valence-electron chi connectivity index (χ4n) is 2.10. The maximum absolute atomic E-state index is 5.38. The van der Waals surface area contributed by atoms with Crippen molar-refractivity contribution in [2.45, 2.75) is 24.1 Å². The van der Waals surface area contributed by atoms with Gasteiger partial charge in [-0.25, -0.2) is 4.98 Å². The van der Waals surface area contributed by atoms with Gasteiger partial charge in [-0.1, -0.05) is 0 Å². The summed E-state index contributed by atoms with van der Waals surface area (Å²) in [6.07, 6.45) is 6.15. The summed E-state index contributed by atoms with van der Waals surface area (Å²) < 4.78 is 8.30. The van der Waals surface area contributed by atoms with Crippen LogP contribution in [-0.4, -0.2) is 37.6 Å². The molecule has 0 radical (unpaired) electrons. The third-order valence-corrected chi connectivity index (χ3v) is 5.13. The Labute approximate surface area is 114 Å². The van der Waals surface area contributed by atoms with Crippen LogP contribution in [0.1, 0.15) is 12.8 Å². The van der Waals surface area contributed by atoms with E-state index in [1.54, 1.807) is 7.11 Å². The molecule has 0 spiro atoms. The molecule has 96 valence electrons. The zero-order valence-electron chi connectivity index (χ0n) is 10.3. The molecule has 5 nitrogen and oxygen atoms in total. The molecule has 3 rings (SSSR count). The van der Waals surface area contributed by atoms with E-state index < -0.39 is 0 Å². The Balaban J connectivity index is 2.12. The highest BCUT2D eigenvalue weighted by atomic mass is 32.2. The van der Waals surface area contributed by atoms with E-state index in [0.717, 1.165) is 17.7 Å². The highest BCUT2D eigenvalue weighted by molar-refractivity contribution is 8.00. The predicted octanol–water partition coefficient (Wildman–Crippen LogP) is 2.39. The summed E-state index contributed by atoms with van der Waals surface area (Å²) in [5, 5.41) is 0. The molecule has 1 N–H and O–H groups in total. The third kappa shape index (κ3) is 1.81. The van der Waals surface area contributed by atoms with Crippen LogP contribution in [0.4, 0.5) is 0 Å². The van der Waals surface area contributed by atoms with Crippen molar-refractivity contribution in [3.63, 3.8) is 0 Å². The minimum absolute atomic E-state index is 0.339. The molecule has 2 heterocycles. The molecule has 0 amide bonds. The number of imidazole rings is 1. The van der Waals surface area contributed by atoms with Crippen LogP contribution >= 0.6 is 24.0 Å². The summed E-state index contributed by atoms with van der Waals surface area (Å²) in [6.45, 7) is 0.896. The largest absolute Gasteiger partial charge is 0.479 e. The van der Waals surface area contributed by atoms with E-state index in [9.17, 15) is 0 Å². The predicted molar refractivity (Wildman–Crippen MR) is 74.7 cm³/mol. The Kier molecular flexibility index (Phi) is 2.82. The molecule has 0 aliphatic heterocycles. The highest BCUT2D eigenvalue weighted by Gasteiger charge is 2.42. The Morgan fingerprint density at radius 1 is 1.56 bits per heavy atom. The van der Waals surface area contributed by atoms with E-state index in [2.05, 4.69) is 25.8 Å². The van der Waals surface area contributed by atoms with E-state index >= 15 is 0 Å². The van der Waals surface area contributed by atoms with E-state index in [-0.39, 0.29) is 0 Å². The first kappa shape index (κ1) is 12.0. The Morgan fingerprint density at radius 2 is 2.33 bits per heavy atom. The van der Waals surface area contributed by atoms with Crippen LogP contribution in [0, 0.1) is 4.77 Å². The van der Waals surface area contributed by atoms with Gasteiger partial charge in [0.15, 0.2) is 10.4 Å². The number of aromatic amines is 1. The fraction of sp³-hybridized carbons (Fsp3) is 0.545. The van der Waals surface area contributed by atoms with Crippen LogP contribution in [-0.2, 0) is 6.54 Å². The number of hydrogen-bond acceptors (Lipinski definition) is 5. The van der Waals surface area contributed by atoms with Gasteiger partial charge in [0.05, 0.1) is 7.11 Å². The quantitative estimate of drug-likeness (QED) is 0.873. The van der Waals surface area contributed by atoms with Gasteiger partial charge in [0.1, 0.15) is 11.8 Å². The van der Waals surface area contributed by atoms with E-state index in [4.69, 9.17) is 17.0 Å². The first-order chi connectivity index (χ1) is 8.69. The van der Waals surface area contributed by atoms with Crippen molar-refractivity contribution in [2.75, 3.05) is 13.4 Å². The molecule has 1 aliphatic rings. The molecular weight excluding hydrogens is 268 g/mol. The molecular formula is C11H14N4OS2. The van der Waals surface area contributed by atoms with Crippen LogP contribution in [0.25, 0.3) is 11.2 Å². The van der Waals surface area contributed by atoms with Gasteiger partial charge in [0, 0.05) is 11.3 Å². The van der Waals surface area contributed by atoms with Crippen molar-refractivity contribution in [1.29, 1.82) is 0 Å². The number of methoxy groups -OCH3 is 1.